The summed E-state index contributed by atoms with van der Waals surface area (Å²) in [4.78, 5) is 14.6. The standard InChI is InChI=1S/C14H17N3O3/c18-9-3-1-2-7-16-13-4-5-14(17(19)20)12-10-15-8-6-11(12)13/h4-6,8,10,16,18H,1-3,7,9H2. The first-order valence-corrected chi connectivity index (χ1v) is 6.60. The summed E-state index contributed by atoms with van der Waals surface area (Å²) in [7, 11) is 0. The number of nitro groups is 1. The number of hydrogen-bond acceptors (Lipinski definition) is 5. The minimum absolute atomic E-state index is 0.0685. The minimum atomic E-state index is -0.394. The monoisotopic (exact) mass is 275 g/mol. The van der Waals surface area contributed by atoms with E-state index in [0.717, 1.165) is 36.9 Å². The smallest absolute Gasteiger partial charge is 0.278 e. The molecule has 0 bridgehead atoms. The Morgan fingerprint density at radius 3 is 2.80 bits per heavy atom. The van der Waals surface area contributed by atoms with E-state index in [2.05, 4.69) is 10.3 Å². The van der Waals surface area contributed by atoms with Crippen molar-refractivity contribution in [2.45, 2.75) is 19.3 Å². The number of non-ortho nitro benzene ring substituents is 1. The summed E-state index contributed by atoms with van der Waals surface area (Å²) in [6.07, 6.45) is 5.85. The summed E-state index contributed by atoms with van der Waals surface area (Å²) in [6, 6.07) is 5.00. The number of aliphatic hydroxyl groups is 1. The molecule has 0 aliphatic heterocycles. The third-order valence-electron chi connectivity index (χ3n) is 3.14. The molecule has 1 aromatic heterocycles. The van der Waals surface area contributed by atoms with Gasteiger partial charge in [0.25, 0.3) is 5.69 Å². The highest BCUT2D eigenvalue weighted by Gasteiger charge is 2.13. The quantitative estimate of drug-likeness (QED) is 0.461. The molecule has 0 saturated heterocycles. The van der Waals surface area contributed by atoms with Crippen molar-refractivity contribution in [2.24, 2.45) is 0 Å². The molecule has 2 aromatic rings. The molecule has 0 aliphatic carbocycles. The molecule has 2 N–H and O–H groups in total. The van der Waals surface area contributed by atoms with Gasteiger partial charge < -0.3 is 10.4 Å². The van der Waals surface area contributed by atoms with Crippen LogP contribution in [-0.4, -0.2) is 28.2 Å². The van der Waals surface area contributed by atoms with Gasteiger partial charge in [-0.2, -0.15) is 0 Å². The molecular weight excluding hydrogens is 258 g/mol. The van der Waals surface area contributed by atoms with Crippen LogP contribution in [0.5, 0.6) is 0 Å². The van der Waals surface area contributed by atoms with Crippen molar-refractivity contribution in [1.29, 1.82) is 0 Å². The van der Waals surface area contributed by atoms with Crippen LogP contribution in [0.2, 0.25) is 0 Å². The number of nitrogens with zero attached hydrogens (tertiary/aromatic N) is 2. The van der Waals surface area contributed by atoms with Crippen LogP contribution in [0.3, 0.4) is 0 Å². The van der Waals surface area contributed by atoms with Crippen molar-refractivity contribution in [3.63, 3.8) is 0 Å². The van der Waals surface area contributed by atoms with Gasteiger partial charge in [-0.3, -0.25) is 15.1 Å². The number of nitro benzene ring substituents is 1. The van der Waals surface area contributed by atoms with E-state index in [1.54, 1.807) is 18.3 Å². The van der Waals surface area contributed by atoms with Crippen LogP contribution in [0.15, 0.2) is 30.6 Å². The summed E-state index contributed by atoms with van der Waals surface area (Å²) in [5.41, 5.74) is 0.941. The highest BCUT2D eigenvalue weighted by atomic mass is 16.6. The van der Waals surface area contributed by atoms with Crippen LogP contribution in [0, 0.1) is 10.1 Å². The summed E-state index contributed by atoms with van der Waals surface area (Å²) in [5.74, 6) is 0. The average Bonchev–Trinajstić information content (AvgIpc) is 2.46. The second kappa shape index (κ2) is 6.81. The van der Waals surface area contributed by atoms with Crippen LogP contribution in [0.4, 0.5) is 11.4 Å². The van der Waals surface area contributed by atoms with Gasteiger partial charge in [0.15, 0.2) is 0 Å². The molecule has 0 aliphatic rings. The number of fused-ring (bicyclic) bond motifs is 1. The Morgan fingerprint density at radius 2 is 2.05 bits per heavy atom. The van der Waals surface area contributed by atoms with Crippen molar-refractivity contribution in [1.82, 2.24) is 4.98 Å². The average molecular weight is 275 g/mol. The van der Waals surface area contributed by atoms with Crippen molar-refractivity contribution >= 4 is 22.1 Å². The molecule has 1 aromatic carbocycles. The first kappa shape index (κ1) is 14.2. The molecule has 20 heavy (non-hydrogen) atoms. The third-order valence-corrected chi connectivity index (χ3v) is 3.14. The molecule has 0 saturated carbocycles. The number of pyridine rings is 1. The van der Waals surface area contributed by atoms with E-state index in [-0.39, 0.29) is 12.3 Å². The lowest BCUT2D eigenvalue weighted by Gasteiger charge is -2.09. The second-order valence-corrected chi connectivity index (χ2v) is 4.52. The zero-order valence-corrected chi connectivity index (χ0v) is 11.1. The molecule has 0 amide bonds. The van der Waals surface area contributed by atoms with Crippen molar-refractivity contribution in [3.8, 4) is 0 Å². The first-order valence-electron chi connectivity index (χ1n) is 6.60. The van der Waals surface area contributed by atoms with E-state index in [9.17, 15) is 10.1 Å². The number of benzene rings is 1. The zero-order chi connectivity index (χ0) is 14.4. The number of nitrogens with one attached hydrogen (secondary N) is 1. The van der Waals surface area contributed by atoms with Crippen molar-refractivity contribution < 1.29 is 10.0 Å². The summed E-state index contributed by atoms with van der Waals surface area (Å²) >= 11 is 0. The molecule has 106 valence electrons. The van der Waals surface area contributed by atoms with Crippen LogP contribution in [0.25, 0.3) is 10.8 Å². The Morgan fingerprint density at radius 1 is 1.20 bits per heavy atom. The SMILES string of the molecule is O=[N+]([O-])c1ccc(NCCCCCO)c2ccncc12. The molecule has 0 fully saturated rings. The minimum Gasteiger partial charge on any atom is -0.396 e. The summed E-state index contributed by atoms with van der Waals surface area (Å²) in [5, 5.41) is 24.3. The number of hydrogen-bond donors (Lipinski definition) is 2. The van der Waals surface area contributed by atoms with Gasteiger partial charge >= 0.3 is 0 Å². The zero-order valence-electron chi connectivity index (χ0n) is 11.1. The predicted molar refractivity (Wildman–Crippen MR) is 77.8 cm³/mol. The lowest BCUT2D eigenvalue weighted by Crippen LogP contribution is -2.03. The van der Waals surface area contributed by atoms with E-state index in [0.29, 0.717) is 5.39 Å². The fraction of sp³-hybridized carbons (Fsp3) is 0.357. The predicted octanol–water partition coefficient (Wildman–Crippen LogP) is 2.72. The van der Waals surface area contributed by atoms with E-state index in [1.807, 2.05) is 0 Å². The fourth-order valence-electron chi connectivity index (χ4n) is 2.13. The van der Waals surface area contributed by atoms with Gasteiger partial charge in [0.05, 0.1) is 10.3 Å². The Balaban J connectivity index is 2.18. The van der Waals surface area contributed by atoms with Gasteiger partial charge in [-0.1, -0.05) is 0 Å². The number of rotatable bonds is 7. The maximum atomic E-state index is 11.0. The maximum absolute atomic E-state index is 11.0. The van der Waals surface area contributed by atoms with Crippen LogP contribution in [0.1, 0.15) is 19.3 Å². The molecular formula is C14H17N3O3. The van der Waals surface area contributed by atoms with Gasteiger partial charge in [0.1, 0.15) is 0 Å². The number of aromatic nitrogens is 1. The Hall–Kier alpha value is -2.21. The second-order valence-electron chi connectivity index (χ2n) is 4.52. The summed E-state index contributed by atoms with van der Waals surface area (Å²) in [6.45, 7) is 0.987. The number of aliphatic hydroxyl groups excluding tert-OH is 1. The van der Waals surface area contributed by atoms with Gasteiger partial charge in [0.2, 0.25) is 0 Å². The topological polar surface area (TPSA) is 88.3 Å². The number of unbranched alkanes of at least 4 members (excludes halogenated alkanes) is 2. The molecule has 0 spiro atoms. The van der Waals surface area contributed by atoms with Crippen LogP contribution in [-0.2, 0) is 0 Å². The van der Waals surface area contributed by atoms with E-state index < -0.39 is 4.92 Å². The van der Waals surface area contributed by atoms with Crippen LogP contribution < -0.4 is 5.32 Å². The number of anilines is 1. The molecule has 2 rings (SSSR count). The van der Waals surface area contributed by atoms with Crippen LogP contribution >= 0.6 is 0 Å². The molecule has 0 unspecified atom stereocenters. The maximum Gasteiger partial charge on any atom is 0.278 e. The lowest BCUT2D eigenvalue weighted by atomic mass is 10.1. The Labute approximate surface area is 116 Å². The summed E-state index contributed by atoms with van der Waals surface area (Å²) < 4.78 is 0. The van der Waals surface area contributed by atoms with Gasteiger partial charge in [-0.05, 0) is 31.4 Å². The third kappa shape index (κ3) is 3.21. The van der Waals surface area contributed by atoms with Gasteiger partial charge in [0, 0.05) is 42.7 Å². The van der Waals surface area contributed by atoms with E-state index >= 15 is 0 Å². The molecule has 0 atom stereocenters. The molecule has 6 nitrogen and oxygen atoms in total. The van der Waals surface area contributed by atoms with E-state index in [1.165, 1.54) is 12.3 Å². The lowest BCUT2D eigenvalue weighted by molar-refractivity contribution is -0.383. The molecule has 6 heteroatoms. The van der Waals surface area contributed by atoms with E-state index in [4.69, 9.17) is 5.11 Å². The highest BCUT2D eigenvalue weighted by Crippen LogP contribution is 2.30. The van der Waals surface area contributed by atoms with Crippen molar-refractivity contribution in [2.75, 3.05) is 18.5 Å². The van der Waals surface area contributed by atoms with Gasteiger partial charge in [-0.15, -0.1) is 0 Å². The fourth-order valence-corrected chi connectivity index (χ4v) is 2.13. The Bertz CT molecular complexity index is 601. The molecule has 1 heterocycles. The van der Waals surface area contributed by atoms with Crippen molar-refractivity contribution in [3.05, 3.63) is 40.7 Å². The largest absolute Gasteiger partial charge is 0.396 e. The van der Waals surface area contributed by atoms with Gasteiger partial charge in [-0.25, -0.2) is 0 Å². The highest BCUT2D eigenvalue weighted by molar-refractivity contribution is 5.99. The Kier molecular flexibility index (Phi) is 4.84. The normalized spacial score (nSPS) is 10.7. The molecule has 0 radical (unpaired) electrons. The first-order chi connectivity index (χ1) is 9.74.